The Hall–Kier alpha value is -1.88. The van der Waals surface area contributed by atoms with Crippen molar-refractivity contribution in [2.75, 3.05) is 6.54 Å². The van der Waals surface area contributed by atoms with Gasteiger partial charge in [-0.25, -0.2) is 0 Å². The molecule has 3 N–H and O–H groups in total. The van der Waals surface area contributed by atoms with Crippen molar-refractivity contribution in [1.29, 1.82) is 0 Å². The summed E-state index contributed by atoms with van der Waals surface area (Å²) >= 11 is 0. The molecule has 0 spiro atoms. The fraction of sp³-hybridized carbons (Fsp3) is 0.556. The van der Waals surface area contributed by atoms with Crippen LogP contribution in [0.4, 0.5) is 0 Å². The minimum Gasteiger partial charge on any atom is -0.350 e. The molecular formula is C18H27N3O2. The number of benzene rings is 1. The van der Waals surface area contributed by atoms with Crippen LogP contribution in [0.5, 0.6) is 0 Å². The van der Waals surface area contributed by atoms with Crippen molar-refractivity contribution in [2.45, 2.75) is 58.2 Å². The van der Waals surface area contributed by atoms with Crippen LogP contribution < -0.4 is 11.1 Å². The number of carbonyl (C=O) groups is 2. The molecule has 1 heterocycles. The zero-order chi connectivity index (χ0) is 16.9. The summed E-state index contributed by atoms with van der Waals surface area (Å²) < 4.78 is 0. The lowest BCUT2D eigenvalue weighted by Crippen LogP contribution is -2.51. The molecule has 0 aromatic heterocycles. The van der Waals surface area contributed by atoms with E-state index in [1.165, 1.54) is 0 Å². The van der Waals surface area contributed by atoms with Gasteiger partial charge >= 0.3 is 0 Å². The van der Waals surface area contributed by atoms with E-state index in [0.717, 1.165) is 30.5 Å². The van der Waals surface area contributed by atoms with E-state index in [1.807, 2.05) is 36.1 Å². The second-order valence-corrected chi connectivity index (χ2v) is 6.59. The van der Waals surface area contributed by atoms with Gasteiger partial charge in [0, 0.05) is 26.1 Å². The number of amides is 2. The minimum atomic E-state index is -0.825. The molecule has 1 aliphatic rings. The Balaban J connectivity index is 1.92. The lowest BCUT2D eigenvalue weighted by molar-refractivity contribution is -0.128. The number of nitrogens with zero attached hydrogens (tertiary/aromatic N) is 1. The maximum Gasteiger partial charge on any atom is 0.240 e. The third-order valence-corrected chi connectivity index (χ3v) is 4.28. The summed E-state index contributed by atoms with van der Waals surface area (Å²) in [5.41, 5.74) is 7.32. The normalized spacial score (nSPS) is 17.2. The molecule has 5 heteroatoms. The molecular weight excluding hydrogens is 290 g/mol. The molecule has 1 aliphatic heterocycles. The molecule has 1 atom stereocenters. The number of nitrogens with one attached hydrogen (secondary N) is 1. The summed E-state index contributed by atoms with van der Waals surface area (Å²) in [4.78, 5) is 25.7. The molecule has 1 saturated heterocycles. The van der Waals surface area contributed by atoms with Crippen molar-refractivity contribution in [2.24, 2.45) is 5.73 Å². The lowest BCUT2D eigenvalue weighted by atomic mass is 9.96. The topological polar surface area (TPSA) is 75.4 Å². The van der Waals surface area contributed by atoms with Gasteiger partial charge in [-0.15, -0.1) is 0 Å². The Morgan fingerprint density at radius 1 is 1.39 bits per heavy atom. The van der Waals surface area contributed by atoms with Gasteiger partial charge in [0.15, 0.2) is 0 Å². The molecule has 1 fully saturated rings. The zero-order valence-corrected chi connectivity index (χ0v) is 14.1. The SMILES string of the molecule is CCCC(C)(N)C(=O)NCc1cccc(CN2CCCC2=O)c1. The fourth-order valence-corrected chi connectivity index (χ4v) is 2.95. The van der Waals surface area contributed by atoms with Gasteiger partial charge in [-0.2, -0.15) is 0 Å². The predicted molar refractivity (Wildman–Crippen MR) is 90.4 cm³/mol. The van der Waals surface area contributed by atoms with Gasteiger partial charge in [-0.1, -0.05) is 37.6 Å². The molecule has 126 valence electrons. The molecule has 1 aromatic rings. The first-order valence-electron chi connectivity index (χ1n) is 8.35. The van der Waals surface area contributed by atoms with Gasteiger partial charge in [0.25, 0.3) is 0 Å². The van der Waals surface area contributed by atoms with Gasteiger partial charge < -0.3 is 16.0 Å². The van der Waals surface area contributed by atoms with Crippen LogP contribution in [0.25, 0.3) is 0 Å². The van der Waals surface area contributed by atoms with Crippen molar-refractivity contribution >= 4 is 11.8 Å². The van der Waals surface area contributed by atoms with Crippen LogP contribution in [0.2, 0.25) is 0 Å². The summed E-state index contributed by atoms with van der Waals surface area (Å²) in [6.07, 6.45) is 3.14. The number of carbonyl (C=O) groups excluding carboxylic acids is 2. The molecule has 2 rings (SSSR count). The van der Waals surface area contributed by atoms with Crippen LogP contribution in [-0.4, -0.2) is 28.8 Å². The maximum atomic E-state index is 12.1. The lowest BCUT2D eigenvalue weighted by Gasteiger charge is -2.23. The zero-order valence-electron chi connectivity index (χ0n) is 14.1. The fourth-order valence-electron chi connectivity index (χ4n) is 2.95. The highest BCUT2D eigenvalue weighted by Crippen LogP contribution is 2.15. The highest BCUT2D eigenvalue weighted by atomic mass is 16.2. The molecule has 1 aromatic carbocycles. The Morgan fingerprint density at radius 2 is 2.13 bits per heavy atom. The highest BCUT2D eigenvalue weighted by Gasteiger charge is 2.26. The average molecular weight is 317 g/mol. The van der Waals surface area contributed by atoms with Crippen LogP contribution in [0.15, 0.2) is 24.3 Å². The van der Waals surface area contributed by atoms with Crippen molar-refractivity contribution < 1.29 is 9.59 Å². The molecule has 23 heavy (non-hydrogen) atoms. The monoisotopic (exact) mass is 317 g/mol. The van der Waals surface area contributed by atoms with Gasteiger partial charge in [0.2, 0.25) is 11.8 Å². The highest BCUT2D eigenvalue weighted by molar-refractivity contribution is 5.85. The Kier molecular flexibility index (Phi) is 5.77. The Morgan fingerprint density at radius 3 is 2.78 bits per heavy atom. The molecule has 0 aliphatic carbocycles. The Bertz CT molecular complexity index is 569. The summed E-state index contributed by atoms with van der Waals surface area (Å²) in [6, 6.07) is 7.99. The number of likely N-dealkylation sites (tertiary alicyclic amines) is 1. The first-order valence-corrected chi connectivity index (χ1v) is 8.35. The van der Waals surface area contributed by atoms with Crippen molar-refractivity contribution in [3.8, 4) is 0 Å². The van der Waals surface area contributed by atoms with Gasteiger partial charge in [0.05, 0.1) is 5.54 Å². The minimum absolute atomic E-state index is 0.125. The molecule has 0 saturated carbocycles. The second kappa shape index (κ2) is 7.59. The molecule has 2 amide bonds. The van der Waals surface area contributed by atoms with Gasteiger partial charge in [-0.05, 0) is 30.9 Å². The maximum absolute atomic E-state index is 12.1. The van der Waals surface area contributed by atoms with E-state index in [0.29, 0.717) is 25.9 Å². The van der Waals surface area contributed by atoms with E-state index >= 15 is 0 Å². The van der Waals surface area contributed by atoms with E-state index in [1.54, 1.807) is 6.92 Å². The summed E-state index contributed by atoms with van der Waals surface area (Å²) in [6.45, 7) is 5.72. The van der Waals surface area contributed by atoms with Crippen LogP contribution in [0.1, 0.15) is 50.7 Å². The van der Waals surface area contributed by atoms with Crippen LogP contribution in [-0.2, 0) is 22.7 Å². The number of rotatable bonds is 7. The third kappa shape index (κ3) is 4.79. The summed E-state index contributed by atoms with van der Waals surface area (Å²) in [5.74, 6) is 0.0987. The van der Waals surface area contributed by atoms with Crippen molar-refractivity contribution in [1.82, 2.24) is 10.2 Å². The first kappa shape index (κ1) is 17.5. The number of hydrogen-bond donors (Lipinski definition) is 2. The Labute approximate surface area is 138 Å². The van der Waals surface area contributed by atoms with Gasteiger partial charge in [-0.3, -0.25) is 9.59 Å². The van der Waals surface area contributed by atoms with Crippen LogP contribution >= 0.6 is 0 Å². The average Bonchev–Trinajstić information content (AvgIpc) is 2.90. The second-order valence-electron chi connectivity index (χ2n) is 6.59. The standard InChI is InChI=1S/C18H27N3O2/c1-3-9-18(2,19)17(23)20-12-14-6-4-7-15(11-14)13-21-10-5-8-16(21)22/h4,6-7,11H,3,5,8-10,12-13,19H2,1-2H3,(H,20,23). The van der Waals surface area contributed by atoms with E-state index in [-0.39, 0.29) is 11.8 Å². The third-order valence-electron chi connectivity index (χ3n) is 4.28. The molecule has 0 radical (unpaired) electrons. The van der Waals surface area contributed by atoms with E-state index in [9.17, 15) is 9.59 Å². The van der Waals surface area contributed by atoms with E-state index < -0.39 is 5.54 Å². The smallest absolute Gasteiger partial charge is 0.240 e. The molecule has 1 unspecified atom stereocenters. The number of nitrogens with two attached hydrogens (primary N) is 1. The first-order chi connectivity index (χ1) is 10.9. The largest absolute Gasteiger partial charge is 0.350 e. The van der Waals surface area contributed by atoms with E-state index in [4.69, 9.17) is 5.73 Å². The molecule has 5 nitrogen and oxygen atoms in total. The van der Waals surface area contributed by atoms with Crippen molar-refractivity contribution in [3.63, 3.8) is 0 Å². The van der Waals surface area contributed by atoms with Gasteiger partial charge in [0.1, 0.15) is 0 Å². The van der Waals surface area contributed by atoms with Crippen LogP contribution in [0.3, 0.4) is 0 Å². The summed E-state index contributed by atoms with van der Waals surface area (Å²) in [5, 5.41) is 2.91. The van der Waals surface area contributed by atoms with Crippen molar-refractivity contribution in [3.05, 3.63) is 35.4 Å². The van der Waals surface area contributed by atoms with E-state index in [2.05, 4.69) is 5.32 Å². The summed E-state index contributed by atoms with van der Waals surface area (Å²) in [7, 11) is 0. The quantitative estimate of drug-likeness (QED) is 0.807. The number of hydrogen-bond acceptors (Lipinski definition) is 3. The molecule has 0 bridgehead atoms. The predicted octanol–water partition coefficient (Wildman–Crippen LogP) is 1.94. The van der Waals surface area contributed by atoms with Crippen LogP contribution in [0, 0.1) is 0 Å².